The molecule has 12 rings (SSSR count). The summed E-state index contributed by atoms with van der Waals surface area (Å²) in [6.45, 7) is 0. The first-order chi connectivity index (χ1) is 46.9. The highest BCUT2D eigenvalue weighted by Gasteiger charge is 2.45. The van der Waals surface area contributed by atoms with Crippen molar-refractivity contribution in [1.29, 1.82) is 0 Å². The van der Waals surface area contributed by atoms with Gasteiger partial charge in [0.15, 0.2) is 0 Å². The van der Waals surface area contributed by atoms with Crippen LogP contribution in [0.5, 0.6) is 0 Å². The van der Waals surface area contributed by atoms with Gasteiger partial charge < -0.3 is 9.13 Å². The van der Waals surface area contributed by atoms with Crippen LogP contribution in [0.3, 0.4) is 0 Å². The fourth-order valence-electron chi connectivity index (χ4n) is 12.3. The molecule has 0 saturated heterocycles. The lowest BCUT2D eigenvalue weighted by Gasteiger charge is -2.21. The first-order valence-corrected chi connectivity index (χ1v) is 28.6. The Bertz CT molecular complexity index is 4760. The third-order valence-corrected chi connectivity index (χ3v) is 16.8. The van der Waals surface area contributed by atoms with Crippen molar-refractivity contribution in [3.05, 3.63) is 238 Å². The van der Waals surface area contributed by atoms with E-state index in [2.05, 4.69) is 0 Å². The van der Waals surface area contributed by atoms with Gasteiger partial charge in [-0.25, -0.2) is 0 Å². The molecule has 0 amide bonds. The number of alkyl halides is 30. The molecule has 0 aliphatic heterocycles. The Morgan fingerprint density at radius 2 is 0.363 bits per heavy atom. The van der Waals surface area contributed by atoms with E-state index in [0.717, 1.165) is 48.5 Å². The predicted molar refractivity (Wildman–Crippen MR) is 312 cm³/mol. The molecule has 2 heterocycles. The Kier molecular flexibility index (Phi) is 16.6. The van der Waals surface area contributed by atoms with Crippen LogP contribution in [-0.4, -0.2) is 9.13 Å². The summed E-state index contributed by atoms with van der Waals surface area (Å²) in [7, 11) is 0. The molecule has 10 aromatic carbocycles. The predicted octanol–water partition coefficient (Wildman–Crippen LogP) is 26.4. The third kappa shape index (κ3) is 13.1. The summed E-state index contributed by atoms with van der Waals surface area (Å²) in [6.07, 6.45) is -55.4. The quantitative estimate of drug-likeness (QED) is 0.141. The first kappa shape index (κ1) is 71.5. The van der Waals surface area contributed by atoms with Gasteiger partial charge in [0.2, 0.25) is 0 Å². The molecular formula is C70H30F30N2. The number of hydrogen-bond donors (Lipinski definition) is 0. The molecule has 0 fully saturated rings. The lowest BCUT2D eigenvalue weighted by molar-refractivity contribution is -0.144. The van der Waals surface area contributed by atoms with Gasteiger partial charge in [0.05, 0.1) is 89.1 Å². The monoisotopic (exact) mass is 1470 g/mol. The second-order valence-corrected chi connectivity index (χ2v) is 23.1. The van der Waals surface area contributed by atoms with E-state index in [4.69, 9.17) is 0 Å². The molecule has 0 atom stereocenters. The van der Waals surface area contributed by atoms with Crippen LogP contribution in [0, 0.1) is 0 Å². The summed E-state index contributed by atoms with van der Waals surface area (Å²) < 4.78 is 441. The van der Waals surface area contributed by atoms with Gasteiger partial charge in [-0.05, 0) is 153 Å². The molecular weight excluding hydrogens is 1440 g/mol. The molecule has 0 unspecified atom stereocenters. The Hall–Kier alpha value is -10.3. The molecule has 530 valence electrons. The zero-order chi connectivity index (χ0) is 74.7. The van der Waals surface area contributed by atoms with E-state index in [-0.39, 0.29) is 82.2 Å². The van der Waals surface area contributed by atoms with Crippen LogP contribution in [0.1, 0.15) is 55.6 Å². The second-order valence-electron chi connectivity index (χ2n) is 23.1. The number of nitrogens with zero attached hydrogens (tertiary/aromatic N) is 2. The minimum Gasteiger partial charge on any atom is -0.309 e. The molecule has 2 aromatic heterocycles. The van der Waals surface area contributed by atoms with E-state index in [1.54, 1.807) is 0 Å². The Labute approximate surface area is 549 Å². The van der Waals surface area contributed by atoms with Crippen LogP contribution < -0.4 is 0 Å². The average Bonchev–Trinajstić information content (AvgIpc) is 1.56. The van der Waals surface area contributed by atoms with Gasteiger partial charge in [-0.1, -0.05) is 84.9 Å². The topological polar surface area (TPSA) is 9.86 Å². The molecule has 12 aromatic rings. The lowest BCUT2D eigenvalue weighted by Crippen LogP contribution is -2.13. The maximum atomic E-state index is 15.9. The van der Waals surface area contributed by atoms with Gasteiger partial charge in [0.25, 0.3) is 0 Å². The number of halogens is 30. The van der Waals surface area contributed by atoms with Crippen molar-refractivity contribution in [3.63, 3.8) is 0 Å². The molecule has 0 spiro atoms. The highest BCUT2D eigenvalue weighted by molar-refractivity contribution is 6.13. The minimum absolute atomic E-state index is 0.214. The van der Waals surface area contributed by atoms with Gasteiger partial charge in [-0.3, -0.25) is 0 Å². The van der Waals surface area contributed by atoms with E-state index < -0.39 is 206 Å². The number of fused-ring (bicyclic) bond motifs is 6. The van der Waals surface area contributed by atoms with E-state index in [1.165, 1.54) is 0 Å². The van der Waals surface area contributed by atoms with E-state index in [9.17, 15) is 105 Å². The molecule has 0 aliphatic rings. The second kappa shape index (κ2) is 23.6. The summed E-state index contributed by atoms with van der Waals surface area (Å²) in [4.78, 5) is 0. The molecule has 0 N–H and O–H groups in total. The smallest absolute Gasteiger partial charge is 0.309 e. The first-order valence-electron chi connectivity index (χ1n) is 28.6. The standard InChI is InChI=1S/C70H30F30N2/c71-61(72,73)37-7-15-41(51(27-37)67(89,90)91)33-1-11-45-46-12-2-34(42-16-8-38(62(74,75)76)28-52(42)68(92,93)94)24-56(46)101(55(45)23-33)59-21-31(5-19-49(59)65(83,84)85)32-6-20-50(66(86,87)88)60(22-32)102-57-25-35(43-17-9-39(63(77,78)79)29-53(43)69(95,96)97)3-13-47(57)48-14-4-36(26-58(48)102)44-18-10-40(64(80,81)82)30-54(44)70(98,99)100/h1-30H. The van der Waals surface area contributed by atoms with Gasteiger partial charge in [0.1, 0.15) is 0 Å². The summed E-state index contributed by atoms with van der Waals surface area (Å²) in [6, 6.07) is 14.0. The molecule has 0 aliphatic carbocycles. The number of rotatable bonds is 7. The summed E-state index contributed by atoms with van der Waals surface area (Å²) >= 11 is 0. The van der Waals surface area contributed by atoms with Gasteiger partial charge >= 0.3 is 61.8 Å². The fourth-order valence-corrected chi connectivity index (χ4v) is 12.3. The highest BCUT2D eigenvalue weighted by Crippen LogP contribution is 2.51. The largest absolute Gasteiger partial charge is 0.418 e. The van der Waals surface area contributed by atoms with Crippen molar-refractivity contribution >= 4 is 43.6 Å². The highest BCUT2D eigenvalue weighted by atomic mass is 19.4. The Morgan fingerprint density at radius 3 is 0.549 bits per heavy atom. The molecule has 2 nitrogen and oxygen atoms in total. The van der Waals surface area contributed by atoms with Gasteiger partial charge in [-0.2, -0.15) is 132 Å². The zero-order valence-electron chi connectivity index (χ0n) is 49.6. The van der Waals surface area contributed by atoms with Crippen molar-refractivity contribution < 1.29 is 132 Å². The van der Waals surface area contributed by atoms with Crippen LogP contribution in [0.25, 0.3) is 111 Å². The van der Waals surface area contributed by atoms with E-state index in [0.29, 0.717) is 81.9 Å². The number of aromatic nitrogens is 2. The minimum atomic E-state index is -5.64. The van der Waals surface area contributed by atoms with Crippen LogP contribution >= 0.6 is 0 Å². The average molecular weight is 1470 g/mol. The zero-order valence-corrected chi connectivity index (χ0v) is 49.6. The van der Waals surface area contributed by atoms with Crippen LogP contribution in [0.4, 0.5) is 132 Å². The third-order valence-electron chi connectivity index (χ3n) is 16.8. The SMILES string of the molecule is FC(F)(F)c1ccc(-c2ccc3c4ccc(-c5ccc(C(F)(F)F)cc5C(F)(F)F)cc4n(-c4cc(-c5ccc(C(F)(F)F)c(-n6c7cc(-c8ccc(C(F)(F)F)cc8C(F)(F)F)ccc7c7ccc(-c8ccc(C(F)(F)F)cc8C(F)(F)F)cc76)c5)ccc4C(F)(F)F)c3c2)c(C(F)(F)F)c1. The van der Waals surface area contributed by atoms with Crippen LogP contribution in [0.15, 0.2) is 182 Å². The van der Waals surface area contributed by atoms with Crippen molar-refractivity contribution in [3.8, 4) is 67.0 Å². The summed E-state index contributed by atoms with van der Waals surface area (Å²) in [5.74, 6) is 0. The molecule has 102 heavy (non-hydrogen) atoms. The van der Waals surface area contributed by atoms with Crippen LogP contribution in [-0.2, 0) is 61.8 Å². The van der Waals surface area contributed by atoms with Gasteiger partial charge in [0, 0.05) is 21.5 Å². The Balaban J connectivity index is 1.17. The molecule has 0 radical (unpaired) electrons. The van der Waals surface area contributed by atoms with Crippen LogP contribution in [0.2, 0.25) is 0 Å². The van der Waals surface area contributed by atoms with Crippen molar-refractivity contribution in [2.75, 3.05) is 0 Å². The maximum absolute atomic E-state index is 15.9. The van der Waals surface area contributed by atoms with E-state index in [1.807, 2.05) is 0 Å². The van der Waals surface area contributed by atoms with Crippen molar-refractivity contribution in [2.24, 2.45) is 0 Å². The lowest BCUT2D eigenvalue weighted by atomic mass is 9.95. The van der Waals surface area contributed by atoms with Gasteiger partial charge in [-0.15, -0.1) is 0 Å². The fraction of sp³-hybridized carbons (Fsp3) is 0.143. The number of benzene rings is 10. The van der Waals surface area contributed by atoms with Crippen molar-refractivity contribution in [2.45, 2.75) is 61.8 Å². The molecule has 32 heteroatoms. The normalized spacial score (nSPS) is 13.6. The summed E-state index contributed by atoms with van der Waals surface area (Å²) in [5.41, 5.74) is -32.1. The number of hydrogen-bond acceptors (Lipinski definition) is 0. The van der Waals surface area contributed by atoms with Crippen molar-refractivity contribution in [1.82, 2.24) is 9.13 Å². The molecule has 0 saturated carbocycles. The molecule has 0 bridgehead atoms. The van der Waals surface area contributed by atoms with E-state index >= 15 is 26.3 Å². The Morgan fingerprint density at radius 1 is 0.167 bits per heavy atom. The maximum Gasteiger partial charge on any atom is 0.418 e. The summed E-state index contributed by atoms with van der Waals surface area (Å²) in [5, 5.41) is -1.21.